The van der Waals surface area contributed by atoms with E-state index in [1.165, 1.54) is 0 Å². The zero-order valence-electron chi connectivity index (χ0n) is 12.9. The fraction of sp³-hybridized carbons (Fsp3) is 0.167. The van der Waals surface area contributed by atoms with Crippen molar-refractivity contribution >= 4 is 22.5 Å². The van der Waals surface area contributed by atoms with E-state index in [2.05, 4.69) is 4.98 Å². The standard InChI is InChI=1S/C18H15N3O2/c1-11-16-19-13-8-4-3-7-12(13)18(23)21(16)15-10-6-5-9-14(15)20(2)17(11)22/h3-11H,1-2H3. The Kier molecular flexibility index (Phi) is 2.84. The van der Waals surface area contributed by atoms with Crippen molar-refractivity contribution in [1.29, 1.82) is 0 Å². The Labute approximate surface area is 132 Å². The van der Waals surface area contributed by atoms with E-state index in [-0.39, 0.29) is 11.5 Å². The molecule has 1 aromatic heterocycles. The molecule has 4 rings (SSSR count). The summed E-state index contributed by atoms with van der Waals surface area (Å²) in [5, 5.41) is 0.551. The van der Waals surface area contributed by atoms with Gasteiger partial charge < -0.3 is 4.90 Å². The van der Waals surface area contributed by atoms with Crippen LogP contribution in [0, 0.1) is 0 Å². The zero-order valence-corrected chi connectivity index (χ0v) is 12.9. The minimum absolute atomic E-state index is 0.0779. The van der Waals surface area contributed by atoms with Crippen molar-refractivity contribution in [3.8, 4) is 5.69 Å². The molecule has 2 heterocycles. The molecule has 2 aromatic carbocycles. The van der Waals surface area contributed by atoms with Gasteiger partial charge in [-0.05, 0) is 31.2 Å². The summed E-state index contributed by atoms with van der Waals surface area (Å²) in [5.74, 6) is -0.0916. The molecule has 1 unspecified atom stereocenters. The van der Waals surface area contributed by atoms with Gasteiger partial charge in [0.2, 0.25) is 5.91 Å². The summed E-state index contributed by atoms with van der Waals surface area (Å²) in [6, 6.07) is 14.6. The van der Waals surface area contributed by atoms with E-state index >= 15 is 0 Å². The van der Waals surface area contributed by atoms with Crippen LogP contribution in [0.2, 0.25) is 0 Å². The van der Waals surface area contributed by atoms with Gasteiger partial charge in [-0.15, -0.1) is 0 Å². The molecule has 23 heavy (non-hydrogen) atoms. The molecule has 5 nitrogen and oxygen atoms in total. The van der Waals surface area contributed by atoms with Gasteiger partial charge in [-0.25, -0.2) is 4.98 Å². The normalized spacial score (nSPS) is 16.9. The maximum absolute atomic E-state index is 13.0. The van der Waals surface area contributed by atoms with Gasteiger partial charge in [0.1, 0.15) is 5.82 Å². The Morgan fingerprint density at radius 2 is 1.61 bits per heavy atom. The van der Waals surface area contributed by atoms with Gasteiger partial charge in [-0.1, -0.05) is 24.3 Å². The van der Waals surface area contributed by atoms with Gasteiger partial charge in [-0.2, -0.15) is 0 Å². The first kappa shape index (κ1) is 13.7. The van der Waals surface area contributed by atoms with E-state index in [4.69, 9.17) is 0 Å². The van der Waals surface area contributed by atoms with Crippen LogP contribution in [-0.2, 0) is 4.79 Å². The first-order valence-electron chi connectivity index (χ1n) is 7.48. The highest BCUT2D eigenvalue weighted by Gasteiger charge is 2.31. The second-order valence-electron chi connectivity index (χ2n) is 5.74. The summed E-state index contributed by atoms with van der Waals surface area (Å²) < 4.78 is 1.57. The predicted octanol–water partition coefficient (Wildman–Crippen LogP) is 2.47. The smallest absolute Gasteiger partial charge is 0.266 e. The number of anilines is 1. The molecule has 5 heteroatoms. The number of aromatic nitrogens is 2. The summed E-state index contributed by atoms with van der Waals surface area (Å²) in [6.07, 6.45) is 0. The topological polar surface area (TPSA) is 55.2 Å². The minimum atomic E-state index is -0.496. The fourth-order valence-corrected chi connectivity index (χ4v) is 3.13. The molecule has 3 aromatic rings. The van der Waals surface area contributed by atoms with Crippen molar-refractivity contribution in [3.63, 3.8) is 0 Å². The highest BCUT2D eigenvalue weighted by molar-refractivity contribution is 6.00. The van der Waals surface area contributed by atoms with Gasteiger partial charge in [0.05, 0.1) is 28.2 Å². The summed E-state index contributed by atoms with van der Waals surface area (Å²) >= 11 is 0. The number of para-hydroxylation sites is 3. The van der Waals surface area contributed by atoms with Crippen molar-refractivity contribution < 1.29 is 4.79 Å². The average molecular weight is 305 g/mol. The van der Waals surface area contributed by atoms with Crippen LogP contribution in [-0.4, -0.2) is 22.5 Å². The van der Waals surface area contributed by atoms with Crippen LogP contribution in [0.5, 0.6) is 0 Å². The molecule has 1 aliphatic heterocycles. The third kappa shape index (κ3) is 1.83. The second-order valence-corrected chi connectivity index (χ2v) is 5.74. The Morgan fingerprint density at radius 1 is 0.957 bits per heavy atom. The molecular weight excluding hydrogens is 290 g/mol. The molecule has 1 atom stereocenters. The molecule has 1 aliphatic rings. The number of likely N-dealkylation sites (N-methyl/N-ethyl adjacent to an activating group) is 1. The SMILES string of the molecule is CC1C(=O)N(C)c2ccccc2-n2c1nc1ccccc1c2=O. The number of fused-ring (bicyclic) bond motifs is 4. The van der Waals surface area contributed by atoms with Crippen LogP contribution in [0.1, 0.15) is 18.7 Å². The summed E-state index contributed by atoms with van der Waals surface area (Å²) in [6.45, 7) is 1.79. The molecule has 1 amide bonds. The van der Waals surface area contributed by atoms with Crippen LogP contribution in [0.3, 0.4) is 0 Å². The van der Waals surface area contributed by atoms with Gasteiger partial charge >= 0.3 is 0 Å². The monoisotopic (exact) mass is 305 g/mol. The van der Waals surface area contributed by atoms with E-state index in [0.717, 1.165) is 0 Å². The minimum Gasteiger partial charge on any atom is -0.313 e. The first-order valence-corrected chi connectivity index (χ1v) is 7.48. The number of carbonyl (C=O) groups excluding carboxylic acids is 1. The van der Waals surface area contributed by atoms with E-state index in [1.807, 2.05) is 36.4 Å². The lowest BCUT2D eigenvalue weighted by atomic mass is 10.1. The third-order valence-electron chi connectivity index (χ3n) is 4.37. The number of carbonyl (C=O) groups is 1. The highest BCUT2D eigenvalue weighted by Crippen LogP contribution is 2.32. The molecule has 0 fully saturated rings. The van der Waals surface area contributed by atoms with Crippen LogP contribution in [0.25, 0.3) is 16.6 Å². The molecule has 0 bridgehead atoms. The Hall–Kier alpha value is -2.95. The summed E-state index contributed by atoms with van der Waals surface area (Å²) in [7, 11) is 1.73. The fourth-order valence-electron chi connectivity index (χ4n) is 3.13. The third-order valence-corrected chi connectivity index (χ3v) is 4.37. The highest BCUT2D eigenvalue weighted by atomic mass is 16.2. The Balaban J connectivity index is 2.21. The second kappa shape index (κ2) is 4.78. The van der Waals surface area contributed by atoms with E-state index < -0.39 is 5.92 Å². The maximum atomic E-state index is 13.0. The van der Waals surface area contributed by atoms with Gasteiger partial charge in [-0.3, -0.25) is 14.2 Å². The quantitative estimate of drug-likeness (QED) is 0.641. The van der Waals surface area contributed by atoms with Crippen molar-refractivity contribution in [3.05, 3.63) is 64.7 Å². The van der Waals surface area contributed by atoms with Crippen molar-refractivity contribution in [2.24, 2.45) is 0 Å². The first-order chi connectivity index (χ1) is 11.1. The number of benzene rings is 2. The van der Waals surface area contributed by atoms with Crippen molar-refractivity contribution in [2.75, 3.05) is 11.9 Å². The summed E-state index contributed by atoms with van der Waals surface area (Å²) in [4.78, 5) is 31.9. The Morgan fingerprint density at radius 3 is 2.39 bits per heavy atom. The van der Waals surface area contributed by atoms with E-state index in [1.54, 1.807) is 35.6 Å². The number of hydrogen-bond donors (Lipinski definition) is 0. The number of hydrogen-bond acceptors (Lipinski definition) is 3. The number of rotatable bonds is 0. The van der Waals surface area contributed by atoms with Gasteiger partial charge in [0.25, 0.3) is 5.56 Å². The lowest BCUT2D eigenvalue weighted by Gasteiger charge is -2.18. The number of nitrogens with zero attached hydrogens (tertiary/aromatic N) is 3. The average Bonchev–Trinajstić information content (AvgIpc) is 2.66. The molecule has 0 radical (unpaired) electrons. The van der Waals surface area contributed by atoms with Crippen LogP contribution < -0.4 is 10.5 Å². The molecule has 0 spiro atoms. The van der Waals surface area contributed by atoms with E-state index in [9.17, 15) is 9.59 Å². The van der Waals surface area contributed by atoms with Gasteiger partial charge in [0.15, 0.2) is 0 Å². The maximum Gasteiger partial charge on any atom is 0.266 e. The molecular formula is C18H15N3O2. The van der Waals surface area contributed by atoms with Crippen LogP contribution in [0.4, 0.5) is 5.69 Å². The van der Waals surface area contributed by atoms with Crippen LogP contribution >= 0.6 is 0 Å². The lowest BCUT2D eigenvalue weighted by Crippen LogP contribution is -2.30. The Bertz CT molecular complexity index is 1010. The molecule has 0 saturated heterocycles. The van der Waals surface area contributed by atoms with Crippen molar-refractivity contribution in [2.45, 2.75) is 12.8 Å². The molecule has 114 valence electrons. The molecule has 0 saturated carbocycles. The van der Waals surface area contributed by atoms with Crippen LogP contribution in [0.15, 0.2) is 53.3 Å². The van der Waals surface area contributed by atoms with E-state index in [0.29, 0.717) is 28.1 Å². The molecule has 0 N–H and O–H groups in total. The van der Waals surface area contributed by atoms with Crippen molar-refractivity contribution in [1.82, 2.24) is 9.55 Å². The van der Waals surface area contributed by atoms with Gasteiger partial charge in [0, 0.05) is 7.05 Å². The lowest BCUT2D eigenvalue weighted by molar-refractivity contribution is -0.119. The zero-order chi connectivity index (χ0) is 16.1. The predicted molar refractivity (Wildman–Crippen MR) is 89.2 cm³/mol. The number of amides is 1. The summed E-state index contributed by atoms with van der Waals surface area (Å²) in [5.41, 5.74) is 1.87. The largest absolute Gasteiger partial charge is 0.313 e. The molecule has 0 aliphatic carbocycles.